The van der Waals surface area contributed by atoms with Crippen LogP contribution in [-0.2, 0) is 16.0 Å². The molecule has 6 heteroatoms. The van der Waals surface area contributed by atoms with E-state index in [0.717, 1.165) is 11.3 Å². The molecular weight excluding hydrogens is 354 g/mol. The Morgan fingerprint density at radius 3 is 2.35 bits per heavy atom. The lowest BCUT2D eigenvalue weighted by molar-refractivity contribution is -0.137. The fourth-order valence-corrected chi connectivity index (χ4v) is 2.69. The molecule has 1 amide bonds. The summed E-state index contributed by atoms with van der Waals surface area (Å²) in [7, 11) is 0. The van der Waals surface area contributed by atoms with E-state index in [1.807, 2.05) is 31.2 Å². The maximum Gasteiger partial charge on any atom is 0.305 e. The molecule has 1 atom stereocenters. The SMILES string of the molecule is CCOc1ccc(CCC(=O)N[C@@H](CC(=O)O)c2ccc(Cl)cc2)cc1. The number of carboxylic acid groups (broad SMARTS) is 1. The summed E-state index contributed by atoms with van der Waals surface area (Å²) in [6.45, 7) is 2.53. The van der Waals surface area contributed by atoms with E-state index < -0.39 is 12.0 Å². The van der Waals surface area contributed by atoms with E-state index in [1.54, 1.807) is 24.3 Å². The fraction of sp³-hybridized carbons (Fsp3) is 0.300. The zero-order valence-electron chi connectivity index (χ0n) is 14.6. The van der Waals surface area contributed by atoms with Gasteiger partial charge in [-0.25, -0.2) is 0 Å². The monoisotopic (exact) mass is 375 g/mol. The number of carbonyl (C=O) groups excluding carboxylic acids is 1. The number of hydrogen-bond acceptors (Lipinski definition) is 3. The molecule has 0 spiro atoms. The highest BCUT2D eigenvalue weighted by Crippen LogP contribution is 2.20. The highest BCUT2D eigenvalue weighted by Gasteiger charge is 2.18. The van der Waals surface area contributed by atoms with Crippen molar-refractivity contribution in [3.8, 4) is 5.75 Å². The molecular formula is C20H22ClNO4. The normalized spacial score (nSPS) is 11.6. The Hall–Kier alpha value is -2.53. The van der Waals surface area contributed by atoms with Crippen LogP contribution in [-0.4, -0.2) is 23.6 Å². The van der Waals surface area contributed by atoms with Crippen molar-refractivity contribution in [2.24, 2.45) is 0 Å². The van der Waals surface area contributed by atoms with Crippen LogP contribution in [0.2, 0.25) is 5.02 Å². The first kappa shape index (κ1) is 19.8. The highest BCUT2D eigenvalue weighted by atomic mass is 35.5. The van der Waals surface area contributed by atoms with Crippen LogP contribution in [0.25, 0.3) is 0 Å². The van der Waals surface area contributed by atoms with Crippen molar-refractivity contribution in [3.05, 3.63) is 64.7 Å². The van der Waals surface area contributed by atoms with Crippen molar-refractivity contribution >= 4 is 23.5 Å². The molecule has 0 heterocycles. The maximum absolute atomic E-state index is 12.3. The molecule has 0 aliphatic heterocycles. The molecule has 2 aromatic rings. The summed E-state index contributed by atoms with van der Waals surface area (Å²) in [5.41, 5.74) is 1.73. The van der Waals surface area contributed by atoms with Crippen molar-refractivity contribution in [2.45, 2.75) is 32.2 Å². The number of aliphatic carboxylic acids is 1. The predicted molar refractivity (Wildman–Crippen MR) is 101 cm³/mol. The molecule has 0 aliphatic carbocycles. The van der Waals surface area contributed by atoms with Crippen LogP contribution in [0.4, 0.5) is 0 Å². The second-order valence-corrected chi connectivity index (χ2v) is 6.28. The lowest BCUT2D eigenvalue weighted by Gasteiger charge is -2.17. The van der Waals surface area contributed by atoms with Gasteiger partial charge < -0.3 is 15.2 Å². The predicted octanol–water partition coefficient (Wildman–Crippen LogP) is 4.00. The summed E-state index contributed by atoms with van der Waals surface area (Å²) in [5.74, 6) is -0.373. The fourth-order valence-electron chi connectivity index (χ4n) is 2.57. The number of carboxylic acids is 1. The summed E-state index contributed by atoms with van der Waals surface area (Å²) in [6.07, 6.45) is 0.659. The Morgan fingerprint density at radius 2 is 1.77 bits per heavy atom. The second-order valence-electron chi connectivity index (χ2n) is 5.85. The first-order valence-electron chi connectivity index (χ1n) is 8.46. The van der Waals surface area contributed by atoms with Crippen molar-refractivity contribution in [1.29, 1.82) is 0 Å². The van der Waals surface area contributed by atoms with Crippen LogP contribution in [0.3, 0.4) is 0 Å². The van der Waals surface area contributed by atoms with E-state index in [9.17, 15) is 9.59 Å². The molecule has 138 valence electrons. The molecule has 0 saturated carbocycles. The van der Waals surface area contributed by atoms with Gasteiger partial charge in [-0.15, -0.1) is 0 Å². The van der Waals surface area contributed by atoms with Crippen molar-refractivity contribution in [2.75, 3.05) is 6.61 Å². The molecule has 0 aromatic heterocycles. The number of amides is 1. The number of aryl methyl sites for hydroxylation is 1. The third kappa shape index (κ3) is 6.41. The van der Waals surface area contributed by atoms with Gasteiger partial charge in [-0.3, -0.25) is 9.59 Å². The smallest absolute Gasteiger partial charge is 0.305 e. The number of benzene rings is 2. The van der Waals surface area contributed by atoms with Gasteiger partial charge in [-0.1, -0.05) is 35.9 Å². The van der Waals surface area contributed by atoms with Crippen LogP contribution < -0.4 is 10.1 Å². The van der Waals surface area contributed by atoms with Gasteiger partial charge in [0.2, 0.25) is 5.91 Å². The molecule has 0 fully saturated rings. The Bertz CT molecular complexity index is 728. The minimum absolute atomic E-state index is 0.184. The van der Waals surface area contributed by atoms with E-state index in [-0.39, 0.29) is 18.7 Å². The zero-order valence-corrected chi connectivity index (χ0v) is 15.3. The Labute approximate surface area is 157 Å². The quantitative estimate of drug-likeness (QED) is 0.694. The van der Waals surface area contributed by atoms with Gasteiger partial charge in [0, 0.05) is 11.4 Å². The molecule has 2 aromatic carbocycles. The number of nitrogens with one attached hydrogen (secondary N) is 1. The second kappa shape index (κ2) is 9.82. The first-order chi connectivity index (χ1) is 12.5. The summed E-state index contributed by atoms with van der Waals surface area (Å²) in [6, 6.07) is 13.8. The van der Waals surface area contributed by atoms with Gasteiger partial charge in [0.25, 0.3) is 0 Å². The third-order valence-corrected chi connectivity index (χ3v) is 4.11. The van der Waals surface area contributed by atoms with E-state index in [1.165, 1.54) is 0 Å². The Balaban J connectivity index is 1.93. The molecule has 5 nitrogen and oxygen atoms in total. The molecule has 2 N–H and O–H groups in total. The lowest BCUT2D eigenvalue weighted by Crippen LogP contribution is -2.30. The molecule has 0 unspecified atom stereocenters. The van der Waals surface area contributed by atoms with Gasteiger partial charge in [-0.05, 0) is 48.7 Å². The van der Waals surface area contributed by atoms with Gasteiger partial charge in [-0.2, -0.15) is 0 Å². The summed E-state index contributed by atoms with van der Waals surface area (Å²) in [5, 5.41) is 12.5. The number of carbonyl (C=O) groups is 2. The largest absolute Gasteiger partial charge is 0.494 e. The summed E-state index contributed by atoms with van der Waals surface area (Å²) < 4.78 is 5.39. The zero-order chi connectivity index (χ0) is 18.9. The molecule has 2 rings (SSSR count). The van der Waals surface area contributed by atoms with Crippen molar-refractivity contribution in [3.63, 3.8) is 0 Å². The van der Waals surface area contributed by atoms with Gasteiger partial charge in [0.1, 0.15) is 5.75 Å². The molecule has 0 aliphatic rings. The molecule has 0 radical (unpaired) electrons. The highest BCUT2D eigenvalue weighted by molar-refractivity contribution is 6.30. The van der Waals surface area contributed by atoms with Gasteiger partial charge in [0.05, 0.1) is 19.1 Å². The standard InChI is InChI=1S/C20H22ClNO4/c1-2-26-17-10-3-14(4-11-17)5-12-19(23)22-18(13-20(24)25)15-6-8-16(21)9-7-15/h3-4,6-11,18H,2,5,12-13H2,1H3,(H,22,23)(H,24,25)/t18-/m0/s1. The average molecular weight is 376 g/mol. The minimum Gasteiger partial charge on any atom is -0.494 e. The van der Waals surface area contributed by atoms with E-state index in [2.05, 4.69) is 5.32 Å². The number of halogens is 1. The lowest BCUT2D eigenvalue weighted by atomic mass is 10.0. The average Bonchev–Trinajstić information content (AvgIpc) is 2.61. The van der Waals surface area contributed by atoms with Crippen LogP contribution in [0.1, 0.15) is 36.9 Å². The van der Waals surface area contributed by atoms with E-state index in [4.69, 9.17) is 21.4 Å². The first-order valence-corrected chi connectivity index (χ1v) is 8.84. The van der Waals surface area contributed by atoms with Crippen molar-refractivity contribution < 1.29 is 19.4 Å². The topological polar surface area (TPSA) is 75.6 Å². The molecule has 26 heavy (non-hydrogen) atoms. The van der Waals surface area contributed by atoms with E-state index in [0.29, 0.717) is 23.6 Å². The van der Waals surface area contributed by atoms with Gasteiger partial charge in [0.15, 0.2) is 0 Å². The molecule has 0 saturated heterocycles. The third-order valence-electron chi connectivity index (χ3n) is 3.86. The summed E-state index contributed by atoms with van der Waals surface area (Å²) >= 11 is 5.86. The van der Waals surface area contributed by atoms with Crippen molar-refractivity contribution in [1.82, 2.24) is 5.32 Å². The van der Waals surface area contributed by atoms with E-state index >= 15 is 0 Å². The number of ether oxygens (including phenoxy) is 1. The number of rotatable bonds is 9. The Morgan fingerprint density at radius 1 is 1.12 bits per heavy atom. The maximum atomic E-state index is 12.3. The van der Waals surface area contributed by atoms with Crippen LogP contribution in [0, 0.1) is 0 Å². The van der Waals surface area contributed by atoms with Gasteiger partial charge >= 0.3 is 5.97 Å². The summed E-state index contributed by atoms with van der Waals surface area (Å²) in [4.78, 5) is 23.4. The van der Waals surface area contributed by atoms with Crippen LogP contribution in [0.5, 0.6) is 5.75 Å². The minimum atomic E-state index is -0.975. The van der Waals surface area contributed by atoms with Crippen LogP contribution in [0.15, 0.2) is 48.5 Å². The number of hydrogen-bond donors (Lipinski definition) is 2. The molecule has 0 bridgehead atoms. The van der Waals surface area contributed by atoms with Crippen LogP contribution >= 0.6 is 11.6 Å². The Kier molecular flexibility index (Phi) is 7.48.